The van der Waals surface area contributed by atoms with E-state index in [-0.39, 0.29) is 18.3 Å². The summed E-state index contributed by atoms with van der Waals surface area (Å²) in [6.45, 7) is 1.45. The molecule has 0 aliphatic carbocycles. The average Bonchev–Trinajstić information content (AvgIpc) is 2.58. The number of thiol groups is 2. The molecule has 0 heterocycles. The third-order valence-corrected chi connectivity index (χ3v) is 4.18. The molecule has 1 atom stereocenters. The van der Waals surface area contributed by atoms with E-state index in [4.69, 9.17) is 16.2 Å². The molecule has 0 radical (unpaired) electrons. The smallest absolute Gasteiger partial charge is 0.237 e. The number of nitrogens with one attached hydrogen (secondary N) is 1. The standard InChI is InChI=1S/C16H27N3O2S2.ClH/c17-6-2-1-3-15(18)16(20)19-7-8-21-14-5-4-12(10-22)13(9-14)11-23;/h4-5,9,15,22-23H,1-3,6-8,10-11,17-18H2,(H,19,20);1H. The fraction of sp³-hybridized carbons (Fsp3) is 0.562. The van der Waals surface area contributed by atoms with Gasteiger partial charge in [-0.05, 0) is 42.6 Å². The van der Waals surface area contributed by atoms with E-state index in [2.05, 4.69) is 30.6 Å². The molecule has 1 amide bonds. The van der Waals surface area contributed by atoms with Gasteiger partial charge in [0.1, 0.15) is 12.4 Å². The minimum absolute atomic E-state index is 0. The van der Waals surface area contributed by atoms with Crippen molar-refractivity contribution < 1.29 is 9.53 Å². The van der Waals surface area contributed by atoms with Crippen LogP contribution < -0.4 is 21.5 Å². The van der Waals surface area contributed by atoms with Crippen LogP contribution in [0.25, 0.3) is 0 Å². The summed E-state index contributed by atoms with van der Waals surface area (Å²) in [7, 11) is 0. The van der Waals surface area contributed by atoms with Gasteiger partial charge in [-0.2, -0.15) is 25.3 Å². The third kappa shape index (κ3) is 8.48. The second-order valence-corrected chi connectivity index (χ2v) is 5.91. The SMILES string of the molecule is Cl.NCCCCC(N)C(=O)NCCOc1ccc(CS)c(CS)c1. The lowest BCUT2D eigenvalue weighted by Gasteiger charge is -2.13. The Balaban J connectivity index is 0.00000529. The van der Waals surface area contributed by atoms with Crippen LogP contribution in [0, 0.1) is 0 Å². The normalized spacial score (nSPS) is 11.5. The van der Waals surface area contributed by atoms with Crippen LogP contribution in [0.1, 0.15) is 30.4 Å². The van der Waals surface area contributed by atoms with Gasteiger partial charge >= 0.3 is 0 Å². The van der Waals surface area contributed by atoms with Crippen LogP contribution >= 0.6 is 37.7 Å². The van der Waals surface area contributed by atoms with Gasteiger partial charge in [0.05, 0.1) is 12.6 Å². The molecule has 8 heteroatoms. The van der Waals surface area contributed by atoms with Gasteiger partial charge in [-0.1, -0.05) is 12.5 Å². The highest BCUT2D eigenvalue weighted by atomic mass is 35.5. The van der Waals surface area contributed by atoms with Crippen LogP contribution in [-0.4, -0.2) is 31.6 Å². The highest BCUT2D eigenvalue weighted by Gasteiger charge is 2.12. The molecule has 0 saturated carbocycles. The summed E-state index contributed by atoms with van der Waals surface area (Å²) in [4.78, 5) is 11.8. The number of benzene rings is 1. The largest absolute Gasteiger partial charge is 0.492 e. The number of ether oxygens (including phenoxy) is 1. The molecule has 1 aromatic rings. The van der Waals surface area contributed by atoms with Crippen LogP contribution in [0.5, 0.6) is 5.75 Å². The van der Waals surface area contributed by atoms with Gasteiger partial charge in [0.15, 0.2) is 0 Å². The molecular formula is C16H28ClN3O2S2. The number of carbonyl (C=O) groups is 1. The van der Waals surface area contributed by atoms with Crippen molar-refractivity contribution in [2.24, 2.45) is 11.5 Å². The number of carbonyl (C=O) groups excluding carboxylic acids is 1. The van der Waals surface area contributed by atoms with Crippen molar-refractivity contribution in [1.29, 1.82) is 0 Å². The maximum absolute atomic E-state index is 11.8. The van der Waals surface area contributed by atoms with Crippen molar-refractivity contribution in [3.05, 3.63) is 29.3 Å². The lowest BCUT2D eigenvalue weighted by Crippen LogP contribution is -2.42. The Labute approximate surface area is 161 Å². The first-order valence-electron chi connectivity index (χ1n) is 7.82. The third-order valence-electron chi connectivity index (χ3n) is 3.49. The lowest BCUT2D eigenvalue weighted by molar-refractivity contribution is -0.122. The fourth-order valence-electron chi connectivity index (χ4n) is 2.11. The molecule has 0 aromatic heterocycles. The van der Waals surface area contributed by atoms with Crippen molar-refractivity contribution in [3.63, 3.8) is 0 Å². The molecule has 1 rings (SSSR count). The van der Waals surface area contributed by atoms with Gasteiger partial charge in [-0.15, -0.1) is 12.4 Å². The molecule has 5 N–H and O–H groups in total. The summed E-state index contributed by atoms with van der Waals surface area (Å²) < 4.78 is 5.65. The molecule has 1 aromatic carbocycles. The molecule has 24 heavy (non-hydrogen) atoms. The van der Waals surface area contributed by atoms with Crippen LogP contribution in [0.2, 0.25) is 0 Å². The van der Waals surface area contributed by atoms with Gasteiger partial charge in [-0.3, -0.25) is 4.79 Å². The van der Waals surface area contributed by atoms with Gasteiger partial charge in [0, 0.05) is 11.5 Å². The number of unbranched alkanes of at least 4 members (excludes halogenated alkanes) is 1. The minimum Gasteiger partial charge on any atom is -0.492 e. The molecule has 0 bridgehead atoms. The molecule has 0 aliphatic heterocycles. The Bertz CT molecular complexity index is 492. The number of amides is 1. The lowest BCUT2D eigenvalue weighted by atomic mass is 10.1. The van der Waals surface area contributed by atoms with Crippen LogP contribution in [0.4, 0.5) is 0 Å². The van der Waals surface area contributed by atoms with Crippen LogP contribution in [0.3, 0.4) is 0 Å². The van der Waals surface area contributed by atoms with E-state index < -0.39 is 6.04 Å². The van der Waals surface area contributed by atoms with E-state index in [0.717, 1.165) is 29.7 Å². The zero-order valence-electron chi connectivity index (χ0n) is 13.7. The Morgan fingerprint density at radius 2 is 1.92 bits per heavy atom. The summed E-state index contributed by atoms with van der Waals surface area (Å²) in [6.07, 6.45) is 2.41. The summed E-state index contributed by atoms with van der Waals surface area (Å²) in [5, 5.41) is 2.78. The molecule has 138 valence electrons. The second kappa shape index (κ2) is 13.7. The van der Waals surface area contributed by atoms with Crippen molar-refractivity contribution in [1.82, 2.24) is 5.32 Å². The molecule has 0 fully saturated rings. The zero-order chi connectivity index (χ0) is 17.1. The first kappa shape index (κ1) is 23.4. The number of rotatable bonds is 11. The summed E-state index contributed by atoms with van der Waals surface area (Å²) >= 11 is 8.59. The number of nitrogens with two attached hydrogens (primary N) is 2. The van der Waals surface area contributed by atoms with Crippen LogP contribution in [0.15, 0.2) is 18.2 Å². The fourth-order valence-corrected chi connectivity index (χ4v) is 2.71. The van der Waals surface area contributed by atoms with E-state index in [9.17, 15) is 4.79 Å². The predicted octanol–water partition coefficient (Wildman–Crippen LogP) is 1.92. The maximum Gasteiger partial charge on any atom is 0.237 e. The topological polar surface area (TPSA) is 90.4 Å². The Morgan fingerprint density at radius 1 is 1.21 bits per heavy atom. The predicted molar refractivity (Wildman–Crippen MR) is 108 cm³/mol. The second-order valence-electron chi connectivity index (χ2n) is 5.28. The summed E-state index contributed by atoms with van der Waals surface area (Å²) in [5.74, 6) is 1.93. The Morgan fingerprint density at radius 3 is 2.54 bits per heavy atom. The van der Waals surface area contributed by atoms with E-state index in [0.29, 0.717) is 37.6 Å². The Kier molecular flexibility index (Phi) is 13.3. The first-order chi connectivity index (χ1) is 11.1. The summed E-state index contributed by atoms with van der Waals surface area (Å²) in [6, 6.07) is 5.37. The van der Waals surface area contributed by atoms with Crippen molar-refractivity contribution >= 4 is 43.6 Å². The van der Waals surface area contributed by atoms with Gasteiger partial charge in [0.2, 0.25) is 5.91 Å². The van der Waals surface area contributed by atoms with Crippen molar-refractivity contribution in [3.8, 4) is 5.75 Å². The van der Waals surface area contributed by atoms with E-state index in [1.165, 1.54) is 0 Å². The molecule has 0 aliphatic rings. The molecule has 1 unspecified atom stereocenters. The number of halogens is 1. The van der Waals surface area contributed by atoms with E-state index in [1.807, 2.05) is 18.2 Å². The highest BCUT2D eigenvalue weighted by molar-refractivity contribution is 7.79. The average molecular weight is 394 g/mol. The van der Waals surface area contributed by atoms with Gasteiger partial charge in [0.25, 0.3) is 0 Å². The number of hydrogen-bond donors (Lipinski definition) is 5. The molecular weight excluding hydrogens is 366 g/mol. The first-order valence-corrected chi connectivity index (χ1v) is 9.08. The molecule has 5 nitrogen and oxygen atoms in total. The van der Waals surface area contributed by atoms with Gasteiger partial charge in [-0.25, -0.2) is 0 Å². The van der Waals surface area contributed by atoms with Crippen LogP contribution in [-0.2, 0) is 16.3 Å². The van der Waals surface area contributed by atoms with E-state index >= 15 is 0 Å². The monoisotopic (exact) mass is 393 g/mol. The molecule has 0 spiro atoms. The van der Waals surface area contributed by atoms with E-state index in [1.54, 1.807) is 0 Å². The van der Waals surface area contributed by atoms with Crippen molar-refractivity contribution in [2.75, 3.05) is 19.7 Å². The zero-order valence-corrected chi connectivity index (χ0v) is 16.3. The quantitative estimate of drug-likeness (QED) is 0.293. The highest BCUT2D eigenvalue weighted by Crippen LogP contribution is 2.20. The summed E-state index contributed by atoms with van der Waals surface area (Å²) in [5.41, 5.74) is 13.5. The Hall–Kier alpha value is -0.600. The number of hydrogen-bond acceptors (Lipinski definition) is 6. The minimum atomic E-state index is -0.480. The molecule has 0 saturated heterocycles. The maximum atomic E-state index is 11.8. The van der Waals surface area contributed by atoms with Gasteiger partial charge < -0.3 is 21.5 Å². The van der Waals surface area contributed by atoms with Crippen molar-refractivity contribution in [2.45, 2.75) is 36.8 Å².